The molecule has 0 heterocycles. The summed E-state index contributed by atoms with van der Waals surface area (Å²) < 4.78 is 22.6. The highest BCUT2D eigenvalue weighted by molar-refractivity contribution is 8.56. The Hall–Kier alpha value is -0.600. The Labute approximate surface area is 135 Å². The fourth-order valence-electron chi connectivity index (χ4n) is 1.44. The van der Waals surface area contributed by atoms with Crippen molar-refractivity contribution in [2.75, 3.05) is 25.5 Å². The van der Waals surface area contributed by atoms with Gasteiger partial charge in [0.25, 0.3) is 6.65 Å². The van der Waals surface area contributed by atoms with E-state index >= 15 is 0 Å². The molecular weight excluding hydrogens is 329 g/mol. The quantitative estimate of drug-likeness (QED) is 0.366. The molecule has 0 bridgehead atoms. The summed E-state index contributed by atoms with van der Waals surface area (Å²) >= 11 is 1.04. The SMILES string of the molecule is CCOC(=O)[C@H](C)NP(=O)(N[C@H](C)C(=O)OCC)SCCN. The third-order valence-corrected chi connectivity index (χ3v) is 6.91. The summed E-state index contributed by atoms with van der Waals surface area (Å²) in [6, 6.07) is -1.56. The van der Waals surface area contributed by atoms with Crippen LogP contribution in [0.4, 0.5) is 0 Å². The Balaban J connectivity index is 4.87. The molecule has 0 radical (unpaired) electrons. The lowest BCUT2D eigenvalue weighted by Crippen LogP contribution is -2.41. The normalized spacial score (nSPS) is 16.4. The molecule has 1 unspecified atom stereocenters. The average Bonchev–Trinajstić information content (AvgIpc) is 2.45. The first-order valence-electron chi connectivity index (χ1n) is 7.13. The maximum Gasteiger partial charge on any atom is 0.323 e. The van der Waals surface area contributed by atoms with Gasteiger partial charge in [0.2, 0.25) is 0 Å². The number of ether oxygens (including phenoxy) is 2. The fraction of sp³-hybridized carbons (Fsp3) is 0.833. The van der Waals surface area contributed by atoms with Crippen molar-refractivity contribution >= 4 is 30.0 Å². The molecule has 0 amide bonds. The first-order valence-corrected chi connectivity index (χ1v) is 10.4. The molecule has 0 aromatic heterocycles. The third kappa shape index (κ3) is 8.14. The van der Waals surface area contributed by atoms with Crippen LogP contribution in [-0.2, 0) is 23.6 Å². The molecule has 0 fully saturated rings. The second kappa shape index (κ2) is 11.0. The summed E-state index contributed by atoms with van der Waals surface area (Å²) in [5.41, 5.74) is 5.43. The van der Waals surface area contributed by atoms with Crippen LogP contribution in [-0.4, -0.2) is 49.5 Å². The number of nitrogens with one attached hydrogen (secondary N) is 2. The van der Waals surface area contributed by atoms with Crippen LogP contribution >= 0.6 is 18.0 Å². The van der Waals surface area contributed by atoms with Gasteiger partial charge in [-0.25, -0.2) is 10.2 Å². The predicted octanol–water partition coefficient (Wildman–Crippen LogP) is 0.869. The van der Waals surface area contributed by atoms with Crippen molar-refractivity contribution in [2.45, 2.75) is 39.8 Å². The average molecular weight is 355 g/mol. The first kappa shape index (κ1) is 21.4. The van der Waals surface area contributed by atoms with Gasteiger partial charge in [-0.1, -0.05) is 11.4 Å². The van der Waals surface area contributed by atoms with Crippen LogP contribution in [0.3, 0.4) is 0 Å². The van der Waals surface area contributed by atoms with E-state index in [1.807, 2.05) is 0 Å². The Morgan fingerprint density at radius 3 is 1.82 bits per heavy atom. The molecule has 0 rings (SSSR count). The summed E-state index contributed by atoms with van der Waals surface area (Å²) in [5, 5.41) is 5.42. The molecule has 0 saturated carbocycles. The largest absolute Gasteiger partial charge is 0.465 e. The molecule has 0 aromatic rings. The van der Waals surface area contributed by atoms with Gasteiger partial charge in [-0.2, -0.15) is 0 Å². The smallest absolute Gasteiger partial charge is 0.323 e. The van der Waals surface area contributed by atoms with E-state index in [1.54, 1.807) is 27.7 Å². The second-order valence-electron chi connectivity index (χ2n) is 4.38. The number of hydrogen-bond acceptors (Lipinski definition) is 7. The highest BCUT2D eigenvalue weighted by Gasteiger charge is 2.31. The number of carbonyl (C=O) groups excluding carboxylic acids is 2. The first-order chi connectivity index (χ1) is 10.3. The van der Waals surface area contributed by atoms with Gasteiger partial charge in [-0.3, -0.25) is 14.2 Å². The third-order valence-electron chi connectivity index (χ3n) is 2.40. The number of carbonyl (C=O) groups is 2. The highest BCUT2D eigenvalue weighted by Crippen LogP contribution is 2.51. The van der Waals surface area contributed by atoms with Crippen LogP contribution in [0.15, 0.2) is 0 Å². The number of rotatable bonds is 11. The molecule has 4 N–H and O–H groups in total. The zero-order chi connectivity index (χ0) is 17.2. The molecule has 0 aromatic carbocycles. The van der Waals surface area contributed by atoms with Crippen LogP contribution in [0.2, 0.25) is 0 Å². The van der Waals surface area contributed by atoms with Crippen LogP contribution in [0.1, 0.15) is 27.7 Å². The number of esters is 2. The second-order valence-corrected chi connectivity index (χ2v) is 8.98. The molecule has 0 aliphatic carbocycles. The van der Waals surface area contributed by atoms with E-state index in [2.05, 4.69) is 10.2 Å². The molecule has 0 spiro atoms. The lowest BCUT2D eigenvalue weighted by molar-refractivity contribution is -0.145. The van der Waals surface area contributed by atoms with E-state index in [0.29, 0.717) is 12.3 Å². The van der Waals surface area contributed by atoms with Gasteiger partial charge in [0.1, 0.15) is 12.1 Å². The summed E-state index contributed by atoms with van der Waals surface area (Å²) in [6.45, 7) is 3.99. The Kier molecular flexibility index (Phi) is 10.7. The summed E-state index contributed by atoms with van der Waals surface area (Å²) in [7, 11) is 0. The molecule has 0 aliphatic heterocycles. The van der Waals surface area contributed by atoms with Crippen molar-refractivity contribution in [1.82, 2.24) is 10.2 Å². The molecular formula is C12H26N3O5PS. The van der Waals surface area contributed by atoms with Gasteiger partial charge in [0.05, 0.1) is 13.2 Å². The van der Waals surface area contributed by atoms with E-state index in [9.17, 15) is 14.2 Å². The molecule has 3 atom stereocenters. The van der Waals surface area contributed by atoms with E-state index in [-0.39, 0.29) is 13.2 Å². The lowest BCUT2D eigenvalue weighted by atomic mass is 10.4. The van der Waals surface area contributed by atoms with Crippen LogP contribution < -0.4 is 15.9 Å². The van der Waals surface area contributed by atoms with Gasteiger partial charge in [-0.15, -0.1) is 0 Å². The molecule has 0 aliphatic rings. The van der Waals surface area contributed by atoms with Gasteiger partial charge >= 0.3 is 11.9 Å². The minimum Gasteiger partial charge on any atom is -0.465 e. The molecule has 8 nitrogen and oxygen atoms in total. The minimum atomic E-state index is -3.27. The van der Waals surface area contributed by atoms with Gasteiger partial charge in [-0.05, 0) is 27.7 Å². The van der Waals surface area contributed by atoms with E-state index in [1.165, 1.54) is 0 Å². The van der Waals surface area contributed by atoms with Gasteiger partial charge in [0, 0.05) is 12.3 Å². The van der Waals surface area contributed by atoms with Crippen molar-refractivity contribution < 1.29 is 23.6 Å². The maximum absolute atomic E-state index is 12.9. The monoisotopic (exact) mass is 355 g/mol. The van der Waals surface area contributed by atoms with E-state index in [4.69, 9.17) is 15.2 Å². The number of hydrogen-bond donors (Lipinski definition) is 3. The highest BCUT2D eigenvalue weighted by atomic mass is 32.7. The minimum absolute atomic E-state index is 0.234. The van der Waals surface area contributed by atoms with Crippen molar-refractivity contribution in [3.63, 3.8) is 0 Å². The summed E-state index contributed by atoms with van der Waals surface area (Å²) in [6.07, 6.45) is 0. The Bertz CT molecular complexity index is 380. The summed E-state index contributed by atoms with van der Waals surface area (Å²) in [4.78, 5) is 23.3. The van der Waals surface area contributed by atoms with Gasteiger partial charge < -0.3 is 15.2 Å². The fourth-order valence-corrected chi connectivity index (χ4v) is 5.74. The zero-order valence-electron chi connectivity index (χ0n) is 13.5. The van der Waals surface area contributed by atoms with E-state index in [0.717, 1.165) is 11.4 Å². The topological polar surface area (TPSA) is 120 Å². The van der Waals surface area contributed by atoms with Crippen LogP contribution in [0.5, 0.6) is 0 Å². The predicted molar refractivity (Wildman–Crippen MR) is 87.6 cm³/mol. The van der Waals surface area contributed by atoms with Gasteiger partial charge in [0.15, 0.2) is 0 Å². The maximum atomic E-state index is 12.9. The molecule has 10 heteroatoms. The molecule has 22 heavy (non-hydrogen) atoms. The molecule has 0 saturated heterocycles. The summed E-state index contributed by atoms with van der Waals surface area (Å²) in [5.74, 6) is -0.620. The number of nitrogens with two attached hydrogens (primary N) is 1. The Morgan fingerprint density at radius 2 is 1.50 bits per heavy atom. The molecule has 130 valence electrons. The lowest BCUT2D eigenvalue weighted by Gasteiger charge is -2.25. The van der Waals surface area contributed by atoms with Crippen molar-refractivity contribution in [3.05, 3.63) is 0 Å². The standard InChI is InChI=1S/C12H26N3O5PS/c1-5-19-11(16)9(3)14-21(18,22-8-7-13)15-10(4)12(17)20-6-2/h9-10H,5-8,13H2,1-4H3,(H2,14,15,18)/t9-,10+,21?. The zero-order valence-corrected chi connectivity index (χ0v) is 15.2. The van der Waals surface area contributed by atoms with Crippen molar-refractivity contribution in [3.8, 4) is 0 Å². The van der Waals surface area contributed by atoms with Crippen molar-refractivity contribution in [1.29, 1.82) is 0 Å². The van der Waals surface area contributed by atoms with Crippen LogP contribution in [0.25, 0.3) is 0 Å². The van der Waals surface area contributed by atoms with E-state index < -0.39 is 30.7 Å². The Morgan fingerprint density at radius 1 is 1.09 bits per heavy atom. The van der Waals surface area contributed by atoms with Crippen LogP contribution in [0, 0.1) is 0 Å². The van der Waals surface area contributed by atoms with Crippen molar-refractivity contribution in [2.24, 2.45) is 5.73 Å².